The van der Waals surface area contributed by atoms with E-state index in [0.717, 1.165) is 5.01 Å². The number of carbonyl (C=O) groups excluding carboxylic acids is 2. The summed E-state index contributed by atoms with van der Waals surface area (Å²) >= 11 is 1.46. The van der Waals surface area contributed by atoms with E-state index in [-0.39, 0.29) is 11.8 Å². The molecule has 3 rings (SSSR count). The van der Waals surface area contributed by atoms with Gasteiger partial charge >= 0.3 is 0 Å². The fourth-order valence-corrected chi connectivity index (χ4v) is 3.77. The van der Waals surface area contributed by atoms with Crippen LogP contribution in [0.25, 0.3) is 0 Å². The number of thiazole rings is 1. The van der Waals surface area contributed by atoms with Crippen molar-refractivity contribution in [2.75, 3.05) is 39.4 Å². The van der Waals surface area contributed by atoms with Crippen molar-refractivity contribution in [2.24, 2.45) is 5.92 Å². The summed E-state index contributed by atoms with van der Waals surface area (Å²) < 4.78 is 11.8. The number of nitrogens with zero attached hydrogens (tertiary/aromatic N) is 3. The first-order valence-electron chi connectivity index (χ1n) is 8.66. The third kappa shape index (κ3) is 4.19. The van der Waals surface area contributed by atoms with Crippen molar-refractivity contribution < 1.29 is 19.1 Å². The van der Waals surface area contributed by atoms with E-state index in [0.29, 0.717) is 57.4 Å². The molecule has 3 heterocycles. The normalized spacial score (nSPS) is 24.2. The van der Waals surface area contributed by atoms with Crippen LogP contribution in [0.2, 0.25) is 0 Å². The molecule has 2 saturated heterocycles. The quantitative estimate of drug-likeness (QED) is 0.810. The largest absolute Gasteiger partial charge is 0.345 e. The highest BCUT2D eigenvalue weighted by Crippen LogP contribution is 2.26. The van der Waals surface area contributed by atoms with Crippen molar-refractivity contribution in [1.29, 1.82) is 0 Å². The van der Waals surface area contributed by atoms with Gasteiger partial charge in [-0.25, -0.2) is 4.98 Å². The second-order valence-electron chi connectivity index (χ2n) is 7.00. The van der Waals surface area contributed by atoms with Crippen LogP contribution in [0, 0.1) is 12.8 Å². The van der Waals surface area contributed by atoms with E-state index in [4.69, 9.17) is 9.47 Å². The molecule has 0 bridgehead atoms. The van der Waals surface area contributed by atoms with Gasteiger partial charge in [0.2, 0.25) is 11.7 Å². The summed E-state index contributed by atoms with van der Waals surface area (Å²) in [5.74, 6) is -0.616. The maximum Gasteiger partial charge on any atom is 0.273 e. The molecule has 0 aliphatic carbocycles. The molecule has 0 aromatic carbocycles. The van der Waals surface area contributed by atoms with Crippen LogP contribution < -0.4 is 0 Å². The van der Waals surface area contributed by atoms with E-state index in [9.17, 15) is 9.59 Å². The lowest BCUT2D eigenvalue weighted by atomic mass is 10.1. The summed E-state index contributed by atoms with van der Waals surface area (Å²) in [5, 5.41) is 2.64. The standard InChI is InChI=1S/C17H25N3O4S/c1-12(2)8-15(21)19-4-6-23-17(10-19)11-20(5-7-24-17)16(22)14-9-25-13(3)18-14/h9,12H,4-8,10-11H2,1-3H3. The molecule has 1 unspecified atom stereocenters. The Morgan fingerprint density at radius 1 is 1.24 bits per heavy atom. The molecule has 0 saturated carbocycles. The molecule has 0 N–H and O–H groups in total. The molecular weight excluding hydrogens is 342 g/mol. The minimum absolute atomic E-state index is 0.110. The van der Waals surface area contributed by atoms with E-state index in [2.05, 4.69) is 4.98 Å². The fourth-order valence-electron chi connectivity index (χ4n) is 3.19. The molecule has 0 radical (unpaired) electrons. The number of carbonyl (C=O) groups is 2. The van der Waals surface area contributed by atoms with Gasteiger partial charge in [-0.1, -0.05) is 13.8 Å². The first-order valence-corrected chi connectivity index (χ1v) is 9.53. The second kappa shape index (κ2) is 7.39. The fraction of sp³-hybridized carbons (Fsp3) is 0.706. The van der Waals surface area contributed by atoms with Crippen LogP contribution >= 0.6 is 11.3 Å². The Morgan fingerprint density at radius 3 is 2.48 bits per heavy atom. The first-order chi connectivity index (χ1) is 11.9. The van der Waals surface area contributed by atoms with Crippen molar-refractivity contribution >= 4 is 23.2 Å². The molecule has 2 aliphatic heterocycles. The van der Waals surface area contributed by atoms with Gasteiger partial charge in [0.15, 0.2) is 0 Å². The summed E-state index contributed by atoms with van der Waals surface area (Å²) in [6, 6.07) is 0. The van der Waals surface area contributed by atoms with Gasteiger partial charge in [-0.2, -0.15) is 0 Å². The lowest BCUT2D eigenvalue weighted by Crippen LogP contribution is -2.63. The van der Waals surface area contributed by atoms with Crippen LogP contribution in [0.15, 0.2) is 5.38 Å². The highest BCUT2D eigenvalue weighted by molar-refractivity contribution is 7.09. The van der Waals surface area contributed by atoms with E-state index in [1.54, 1.807) is 15.2 Å². The molecule has 1 aromatic heterocycles. The summed E-state index contributed by atoms with van der Waals surface area (Å²) in [7, 11) is 0. The molecule has 7 nitrogen and oxygen atoms in total. The van der Waals surface area contributed by atoms with Crippen molar-refractivity contribution in [3.8, 4) is 0 Å². The Kier molecular flexibility index (Phi) is 5.41. The number of morpholine rings is 2. The number of amides is 2. The Hall–Kier alpha value is -1.51. The topological polar surface area (TPSA) is 72.0 Å². The number of hydrogen-bond acceptors (Lipinski definition) is 6. The molecule has 25 heavy (non-hydrogen) atoms. The van der Waals surface area contributed by atoms with E-state index < -0.39 is 5.79 Å². The lowest BCUT2D eigenvalue weighted by molar-refractivity contribution is -0.284. The van der Waals surface area contributed by atoms with Crippen LogP contribution in [0.1, 0.15) is 35.8 Å². The monoisotopic (exact) mass is 367 g/mol. The molecule has 2 fully saturated rings. The third-order valence-corrected chi connectivity index (χ3v) is 5.15. The highest BCUT2D eigenvalue weighted by atomic mass is 32.1. The average Bonchev–Trinajstić information content (AvgIpc) is 3.00. The second-order valence-corrected chi connectivity index (χ2v) is 8.06. The van der Waals surface area contributed by atoms with Crippen LogP contribution in [0.3, 0.4) is 0 Å². The van der Waals surface area contributed by atoms with Crippen molar-refractivity contribution in [3.05, 3.63) is 16.1 Å². The summed E-state index contributed by atoms with van der Waals surface area (Å²) in [6.07, 6.45) is 0.511. The predicted molar refractivity (Wildman–Crippen MR) is 93.4 cm³/mol. The van der Waals surface area contributed by atoms with Crippen molar-refractivity contribution in [3.63, 3.8) is 0 Å². The van der Waals surface area contributed by atoms with Crippen LogP contribution in [-0.4, -0.2) is 71.8 Å². The third-order valence-electron chi connectivity index (χ3n) is 4.38. The zero-order valence-electron chi connectivity index (χ0n) is 15.0. The number of ether oxygens (including phenoxy) is 2. The number of aromatic nitrogens is 1. The molecule has 1 spiro atoms. The van der Waals surface area contributed by atoms with Crippen LogP contribution in [-0.2, 0) is 14.3 Å². The van der Waals surface area contributed by atoms with Gasteiger partial charge in [-0.15, -0.1) is 11.3 Å². The van der Waals surface area contributed by atoms with Crippen LogP contribution in [0.4, 0.5) is 0 Å². The number of hydrogen-bond donors (Lipinski definition) is 0. The zero-order chi connectivity index (χ0) is 18.0. The number of rotatable bonds is 3. The summed E-state index contributed by atoms with van der Waals surface area (Å²) in [6.45, 7) is 8.49. The maximum atomic E-state index is 12.7. The summed E-state index contributed by atoms with van der Waals surface area (Å²) in [5.41, 5.74) is 0.461. The van der Waals surface area contributed by atoms with Crippen LogP contribution in [0.5, 0.6) is 0 Å². The molecule has 1 atom stereocenters. The van der Waals surface area contributed by atoms with Gasteiger partial charge in [0.25, 0.3) is 5.91 Å². The van der Waals surface area contributed by atoms with Gasteiger partial charge in [0.05, 0.1) is 31.3 Å². The first kappa shape index (κ1) is 18.3. The van der Waals surface area contributed by atoms with Gasteiger partial charge in [0.1, 0.15) is 5.69 Å². The molecule has 2 aliphatic rings. The van der Waals surface area contributed by atoms with Gasteiger partial charge in [-0.3, -0.25) is 9.59 Å². The minimum atomic E-state index is -0.927. The Labute approximate surface area is 151 Å². The molecule has 8 heteroatoms. The van der Waals surface area contributed by atoms with Gasteiger partial charge < -0.3 is 19.3 Å². The van der Waals surface area contributed by atoms with Gasteiger partial charge in [-0.05, 0) is 12.8 Å². The van der Waals surface area contributed by atoms with E-state index in [1.165, 1.54) is 11.3 Å². The molecule has 2 amide bonds. The van der Waals surface area contributed by atoms with E-state index in [1.807, 2.05) is 20.8 Å². The SMILES string of the molecule is Cc1nc(C(=O)N2CCOC3(CN(C(=O)CC(C)C)CCO3)C2)cs1. The van der Waals surface area contributed by atoms with E-state index >= 15 is 0 Å². The minimum Gasteiger partial charge on any atom is -0.345 e. The smallest absolute Gasteiger partial charge is 0.273 e. The molecule has 138 valence electrons. The highest BCUT2D eigenvalue weighted by Gasteiger charge is 2.44. The lowest BCUT2D eigenvalue weighted by Gasteiger charge is -2.47. The van der Waals surface area contributed by atoms with Crippen molar-refractivity contribution in [1.82, 2.24) is 14.8 Å². The van der Waals surface area contributed by atoms with Gasteiger partial charge in [0, 0.05) is 24.9 Å². The molecular formula is C17H25N3O4S. The average molecular weight is 367 g/mol. The zero-order valence-corrected chi connectivity index (χ0v) is 15.8. The Bertz CT molecular complexity index is 644. The predicted octanol–water partition coefficient (Wildman–Crippen LogP) is 1.53. The summed E-state index contributed by atoms with van der Waals surface area (Å²) in [4.78, 5) is 32.9. The Balaban J connectivity index is 1.68. The Morgan fingerprint density at radius 2 is 1.88 bits per heavy atom. The molecule has 1 aromatic rings. The number of aryl methyl sites for hydroxylation is 1. The van der Waals surface area contributed by atoms with Crippen molar-refractivity contribution in [2.45, 2.75) is 33.0 Å². The maximum absolute atomic E-state index is 12.7.